The molecule has 0 atom stereocenters. The van der Waals surface area contributed by atoms with Crippen LogP contribution in [0.4, 0.5) is 4.79 Å². The molecule has 256 valence electrons. The van der Waals surface area contributed by atoms with E-state index in [-0.39, 0.29) is 16.9 Å². The highest BCUT2D eigenvalue weighted by Gasteiger charge is 2.37. The summed E-state index contributed by atoms with van der Waals surface area (Å²) in [5.74, 6) is 0.0199. The number of benzene rings is 3. The number of fused-ring (bicyclic) bond motifs is 1. The highest BCUT2D eigenvalue weighted by Crippen LogP contribution is 2.43. The summed E-state index contributed by atoms with van der Waals surface area (Å²) in [4.78, 5) is 25.2. The summed E-state index contributed by atoms with van der Waals surface area (Å²) in [5, 5.41) is 1.70. The van der Waals surface area contributed by atoms with E-state index in [1.165, 1.54) is 12.5 Å². The number of hydrogen-bond acceptors (Lipinski definition) is 9. The standard InChI is InChI=1S/C37H39N3O6S3/c1-36(2,3)46-35(41)40-21-27(22-40)34-39-32(23-13-15-29(16-14-23)48(6,42)43)33(47-34)26-11-8-10-24(18-26)30-20-28(37(4,5)49(7,44)45)19-25-12-9-17-38-31(25)30/h8-20,27H,21-22H2,1-7H3. The number of aromatic nitrogens is 2. The Morgan fingerprint density at radius 3 is 2.16 bits per heavy atom. The molecule has 0 bridgehead atoms. The van der Waals surface area contributed by atoms with Gasteiger partial charge < -0.3 is 9.64 Å². The molecule has 1 fully saturated rings. The second-order valence-electron chi connectivity index (χ2n) is 14.1. The van der Waals surface area contributed by atoms with Crippen molar-refractivity contribution >= 4 is 48.0 Å². The van der Waals surface area contributed by atoms with Crippen molar-refractivity contribution < 1.29 is 26.4 Å². The number of ether oxygens (including phenoxy) is 1. The summed E-state index contributed by atoms with van der Waals surface area (Å²) in [6.45, 7) is 9.91. The van der Waals surface area contributed by atoms with Crippen LogP contribution < -0.4 is 0 Å². The Bertz CT molecular complexity index is 2300. The number of carbonyl (C=O) groups is 1. The van der Waals surface area contributed by atoms with E-state index in [1.807, 2.05) is 63.2 Å². The van der Waals surface area contributed by atoms with Gasteiger partial charge in [0.15, 0.2) is 19.7 Å². The molecule has 1 saturated heterocycles. The minimum atomic E-state index is -3.44. The molecule has 49 heavy (non-hydrogen) atoms. The number of nitrogens with zero attached hydrogens (tertiary/aromatic N) is 3. The quantitative estimate of drug-likeness (QED) is 0.168. The number of rotatable bonds is 7. The third-order valence-electron chi connectivity index (χ3n) is 8.84. The molecule has 5 aromatic rings. The molecular formula is C37H39N3O6S3. The smallest absolute Gasteiger partial charge is 0.410 e. The van der Waals surface area contributed by atoms with Crippen LogP contribution in [0.25, 0.3) is 43.7 Å². The molecule has 0 aliphatic carbocycles. The van der Waals surface area contributed by atoms with Crippen LogP contribution in [-0.4, -0.2) is 69.0 Å². The lowest BCUT2D eigenvalue weighted by molar-refractivity contribution is 0.00818. The molecule has 0 radical (unpaired) electrons. The van der Waals surface area contributed by atoms with E-state index in [1.54, 1.807) is 60.5 Å². The number of likely N-dealkylation sites (tertiary alicyclic amines) is 1. The highest BCUT2D eigenvalue weighted by atomic mass is 32.2. The van der Waals surface area contributed by atoms with Gasteiger partial charge in [-0.1, -0.05) is 36.4 Å². The van der Waals surface area contributed by atoms with Crippen molar-refractivity contribution in [3.05, 3.63) is 89.6 Å². The Balaban J connectivity index is 1.45. The van der Waals surface area contributed by atoms with Crippen molar-refractivity contribution in [1.82, 2.24) is 14.9 Å². The molecule has 0 unspecified atom stereocenters. The number of thiazole rings is 1. The van der Waals surface area contributed by atoms with Gasteiger partial charge in [0.2, 0.25) is 0 Å². The molecule has 3 aromatic carbocycles. The van der Waals surface area contributed by atoms with E-state index in [0.29, 0.717) is 24.3 Å². The number of carbonyl (C=O) groups excluding carboxylic acids is 1. The summed E-state index contributed by atoms with van der Waals surface area (Å²) in [6.07, 6.45) is 3.80. The lowest BCUT2D eigenvalue weighted by atomic mass is 9.92. The average molecular weight is 718 g/mol. The van der Waals surface area contributed by atoms with Crippen LogP contribution in [-0.2, 0) is 29.2 Å². The monoisotopic (exact) mass is 717 g/mol. The fraction of sp³-hybridized carbons (Fsp3) is 0.324. The summed E-state index contributed by atoms with van der Waals surface area (Å²) in [6, 6.07) is 22.3. The molecule has 2 aromatic heterocycles. The van der Waals surface area contributed by atoms with E-state index in [2.05, 4.69) is 11.1 Å². The van der Waals surface area contributed by atoms with Gasteiger partial charge in [0.25, 0.3) is 0 Å². The minimum absolute atomic E-state index is 0.0199. The zero-order valence-corrected chi connectivity index (χ0v) is 31.0. The molecule has 1 amide bonds. The Hall–Kier alpha value is -4.13. The lowest BCUT2D eigenvalue weighted by Crippen LogP contribution is -2.50. The van der Waals surface area contributed by atoms with Crippen molar-refractivity contribution in [3.8, 4) is 32.8 Å². The van der Waals surface area contributed by atoms with Gasteiger partial charge in [0.05, 0.1) is 25.7 Å². The van der Waals surface area contributed by atoms with E-state index in [9.17, 15) is 21.6 Å². The highest BCUT2D eigenvalue weighted by molar-refractivity contribution is 7.91. The van der Waals surface area contributed by atoms with Crippen LogP contribution in [0, 0.1) is 0 Å². The molecule has 6 rings (SSSR count). The third-order valence-corrected chi connectivity index (χ3v) is 13.3. The normalized spacial score (nSPS) is 14.6. The lowest BCUT2D eigenvalue weighted by Gasteiger charge is -2.38. The maximum absolute atomic E-state index is 12.8. The maximum atomic E-state index is 12.8. The molecule has 1 aliphatic heterocycles. The van der Waals surface area contributed by atoms with Gasteiger partial charge in [-0.05, 0) is 87.7 Å². The fourth-order valence-corrected chi connectivity index (χ4v) is 8.02. The largest absolute Gasteiger partial charge is 0.444 e. The summed E-state index contributed by atoms with van der Waals surface area (Å²) >= 11 is 1.54. The molecule has 0 saturated carbocycles. The first-order valence-corrected chi connectivity index (χ1v) is 20.4. The van der Waals surface area contributed by atoms with Gasteiger partial charge in [0, 0.05) is 54.2 Å². The number of amides is 1. The van der Waals surface area contributed by atoms with Gasteiger partial charge in [-0.15, -0.1) is 11.3 Å². The van der Waals surface area contributed by atoms with Crippen LogP contribution in [0.5, 0.6) is 0 Å². The van der Waals surface area contributed by atoms with Gasteiger partial charge in [-0.2, -0.15) is 0 Å². The van der Waals surface area contributed by atoms with E-state index in [0.717, 1.165) is 43.0 Å². The first-order chi connectivity index (χ1) is 22.8. The summed E-state index contributed by atoms with van der Waals surface area (Å²) in [5.41, 5.74) is 4.87. The Morgan fingerprint density at radius 1 is 0.857 bits per heavy atom. The van der Waals surface area contributed by atoms with E-state index < -0.39 is 30.0 Å². The van der Waals surface area contributed by atoms with Gasteiger partial charge in [-0.3, -0.25) is 4.98 Å². The molecule has 3 heterocycles. The fourth-order valence-electron chi connectivity index (χ4n) is 5.67. The predicted molar refractivity (Wildman–Crippen MR) is 195 cm³/mol. The van der Waals surface area contributed by atoms with E-state index in [4.69, 9.17) is 9.72 Å². The molecular weight excluding hydrogens is 679 g/mol. The molecule has 1 aliphatic rings. The van der Waals surface area contributed by atoms with E-state index >= 15 is 0 Å². The zero-order valence-electron chi connectivity index (χ0n) is 28.5. The number of pyridine rings is 1. The van der Waals surface area contributed by atoms with Crippen LogP contribution in [0.15, 0.2) is 83.9 Å². The van der Waals surface area contributed by atoms with Gasteiger partial charge in [0.1, 0.15) is 10.6 Å². The topological polar surface area (TPSA) is 124 Å². The van der Waals surface area contributed by atoms with Crippen LogP contribution in [0.3, 0.4) is 0 Å². The predicted octanol–water partition coefficient (Wildman–Crippen LogP) is 7.71. The zero-order chi connectivity index (χ0) is 35.5. The number of hydrogen-bond donors (Lipinski definition) is 0. The second-order valence-corrected chi connectivity index (χ2v) is 19.7. The molecule has 9 nitrogen and oxygen atoms in total. The maximum Gasteiger partial charge on any atom is 0.410 e. The van der Waals surface area contributed by atoms with Crippen molar-refractivity contribution in [2.45, 2.75) is 55.8 Å². The van der Waals surface area contributed by atoms with Crippen LogP contribution in [0.1, 0.15) is 51.1 Å². The van der Waals surface area contributed by atoms with Crippen molar-refractivity contribution in [3.63, 3.8) is 0 Å². The Labute approximate surface area is 291 Å². The molecule has 12 heteroatoms. The van der Waals surface area contributed by atoms with Gasteiger partial charge in [-0.25, -0.2) is 26.6 Å². The first-order valence-electron chi connectivity index (χ1n) is 15.8. The summed E-state index contributed by atoms with van der Waals surface area (Å²) in [7, 11) is -6.82. The van der Waals surface area contributed by atoms with Gasteiger partial charge >= 0.3 is 6.09 Å². The van der Waals surface area contributed by atoms with Crippen LogP contribution >= 0.6 is 11.3 Å². The Kier molecular flexibility index (Phi) is 8.74. The second kappa shape index (κ2) is 12.3. The minimum Gasteiger partial charge on any atom is -0.444 e. The molecule has 0 N–H and O–H groups in total. The van der Waals surface area contributed by atoms with Crippen molar-refractivity contribution in [2.75, 3.05) is 25.6 Å². The third kappa shape index (κ3) is 6.99. The average Bonchev–Trinajstić information content (AvgIpc) is 3.43. The Morgan fingerprint density at radius 2 is 1.53 bits per heavy atom. The van der Waals surface area contributed by atoms with Crippen molar-refractivity contribution in [1.29, 1.82) is 0 Å². The van der Waals surface area contributed by atoms with Crippen LogP contribution in [0.2, 0.25) is 0 Å². The molecule has 0 spiro atoms. The summed E-state index contributed by atoms with van der Waals surface area (Å²) < 4.78 is 54.5. The first kappa shape index (κ1) is 34.7. The number of sulfone groups is 2. The SMILES string of the molecule is CC(C)(C)OC(=O)N1CC(c2nc(-c3ccc(S(C)(=O)=O)cc3)c(-c3cccc(-c4cc(C(C)(C)S(C)(=O)=O)cc5cccnc45)c3)s2)C1. The van der Waals surface area contributed by atoms with Crippen molar-refractivity contribution in [2.24, 2.45) is 0 Å².